The predicted molar refractivity (Wildman–Crippen MR) is 86.9 cm³/mol. The van der Waals surface area contributed by atoms with E-state index in [2.05, 4.69) is 0 Å². The Hall–Kier alpha value is -1.55. The number of hydrogen-bond acceptors (Lipinski definition) is 3. The molecule has 1 atom stereocenters. The molecule has 0 radical (unpaired) electrons. The van der Waals surface area contributed by atoms with Gasteiger partial charge in [-0.3, -0.25) is 4.79 Å². The van der Waals surface area contributed by atoms with E-state index >= 15 is 0 Å². The predicted octanol–water partition coefficient (Wildman–Crippen LogP) is 2.64. The Morgan fingerprint density at radius 3 is 2.36 bits per heavy atom. The van der Waals surface area contributed by atoms with E-state index in [4.69, 9.17) is 4.74 Å². The molecular formula is C18H27NO3. The number of aliphatic hydroxyl groups is 1. The number of ether oxygens (including phenoxy) is 1. The molecule has 1 aliphatic rings. The molecular weight excluding hydrogens is 278 g/mol. The van der Waals surface area contributed by atoms with Gasteiger partial charge >= 0.3 is 0 Å². The molecule has 1 N–H and O–H groups in total. The normalized spacial score (nSPS) is 23.6. The summed E-state index contributed by atoms with van der Waals surface area (Å²) in [5.74, 6) is 0.987. The summed E-state index contributed by atoms with van der Waals surface area (Å²) < 4.78 is 5.13. The third kappa shape index (κ3) is 3.61. The number of likely N-dealkylation sites (tertiary alicyclic amines) is 1. The molecule has 1 aliphatic heterocycles. The number of β-amino-alcohol motifs (C(OH)–C–C–N with tert-alkyl or cyclic N) is 1. The van der Waals surface area contributed by atoms with Crippen LogP contribution in [-0.4, -0.2) is 41.7 Å². The minimum absolute atomic E-state index is 0.138. The number of benzene rings is 1. The number of methoxy groups -OCH3 is 1. The first-order valence-electron chi connectivity index (χ1n) is 7.88. The first kappa shape index (κ1) is 16.8. The molecule has 0 aromatic heterocycles. The summed E-state index contributed by atoms with van der Waals surface area (Å²) in [6.07, 6.45) is 2.23. The van der Waals surface area contributed by atoms with Crippen molar-refractivity contribution >= 4 is 5.91 Å². The van der Waals surface area contributed by atoms with Gasteiger partial charge in [0.2, 0.25) is 5.91 Å². The second-order valence-electron chi connectivity index (χ2n) is 7.11. The minimum atomic E-state index is -0.807. The molecule has 1 amide bonds. The summed E-state index contributed by atoms with van der Waals surface area (Å²) in [7, 11) is 1.65. The lowest BCUT2D eigenvalue weighted by Crippen LogP contribution is -2.40. The number of carbonyl (C=O) groups excluding carboxylic acids is 1. The van der Waals surface area contributed by atoms with Crippen LogP contribution >= 0.6 is 0 Å². The molecule has 22 heavy (non-hydrogen) atoms. The maximum atomic E-state index is 12.3. The average Bonchev–Trinajstić information content (AvgIpc) is 2.68. The smallest absolute Gasteiger partial charge is 0.222 e. The number of amides is 1. The highest BCUT2D eigenvalue weighted by molar-refractivity contribution is 5.76. The van der Waals surface area contributed by atoms with E-state index < -0.39 is 5.60 Å². The first-order valence-corrected chi connectivity index (χ1v) is 7.88. The standard InChI is InChI=1S/C18H27NO3/c1-17(2)12-19(13-18(17,3)21)16(20)7-5-6-14-8-10-15(22-4)11-9-14/h8-11,21H,5-7,12-13H2,1-4H3/t18-/m0/s1. The third-order valence-corrected chi connectivity index (χ3v) is 4.91. The minimum Gasteiger partial charge on any atom is -0.497 e. The fourth-order valence-corrected chi connectivity index (χ4v) is 2.86. The summed E-state index contributed by atoms with van der Waals surface area (Å²) in [4.78, 5) is 14.1. The van der Waals surface area contributed by atoms with Gasteiger partial charge in [-0.15, -0.1) is 0 Å². The van der Waals surface area contributed by atoms with Gasteiger partial charge < -0.3 is 14.7 Å². The van der Waals surface area contributed by atoms with Crippen LogP contribution in [0.3, 0.4) is 0 Å². The number of hydrogen-bond donors (Lipinski definition) is 1. The van der Waals surface area contributed by atoms with Crippen LogP contribution in [0.5, 0.6) is 5.75 Å². The largest absolute Gasteiger partial charge is 0.497 e. The van der Waals surface area contributed by atoms with Crippen molar-refractivity contribution in [1.82, 2.24) is 4.90 Å². The summed E-state index contributed by atoms with van der Waals surface area (Å²) in [5.41, 5.74) is 0.152. The SMILES string of the molecule is COc1ccc(CCCC(=O)N2CC(C)(C)[C@@](C)(O)C2)cc1. The van der Waals surface area contributed by atoms with Crippen LogP contribution in [0, 0.1) is 5.41 Å². The molecule has 1 heterocycles. The Balaban J connectivity index is 1.81. The molecule has 0 unspecified atom stereocenters. The summed E-state index contributed by atoms with van der Waals surface area (Å²) in [5, 5.41) is 10.4. The molecule has 0 saturated carbocycles. The van der Waals surface area contributed by atoms with Crippen LogP contribution in [0.25, 0.3) is 0 Å². The van der Waals surface area contributed by atoms with Gasteiger partial charge in [-0.25, -0.2) is 0 Å². The van der Waals surface area contributed by atoms with Gasteiger partial charge in [-0.1, -0.05) is 26.0 Å². The Kier molecular flexibility index (Phi) is 4.81. The Labute approximate surface area is 133 Å². The van der Waals surface area contributed by atoms with Gasteiger partial charge in [0.15, 0.2) is 0 Å². The lowest BCUT2D eigenvalue weighted by atomic mass is 9.79. The van der Waals surface area contributed by atoms with E-state index in [0.717, 1.165) is 18.6 Å². The van der Waals surface area contributed by atoms with E-state index in [1.807, 2.05) is 45.0 Å². The van der Waals surface area contributed by atoms with Crippen molar-refractivity contribution < 1.29 is 14.6 Å². The number of rotatable bonds is 5. The van der Waals surface area contributed by atoms with Crippen LogP contribution in [0.4, 0.5) is 0 Å². The lowest BCUT2D eigenvalue weighted by molar-refractivity contribution is -0.131. The highest BCUT2D eigenvalue weighted by Gasteiger charge is 2.48. The van der Waals surface area contributed by atoms with Crippen molar-refractivity contribution in [1.29, 1.82) is 0 Å². The maximum Gasteiger partial charge on any atom is 0.222 e. The van der Waals surface area contributed by atoms with Gasteiger partial charge in [0.1, 0.15) is 5.75 Å². The van der Waals surface area contributed by atoms with Gasteiger partial charge in [0, 0.05) is 24.9 Å². The van der Waals surface area contributed by atoms with Gasteiger partial charge in [0.05, 0.1) is 12.7 Å². The monoisotopic (exact) mass is 305 g/mol. The molecule has 1 saturated heterocycles. The quantitative estimate of drug-likeness (QED) is 0.910. The van der Waals surface area contributed by atoms with E-state index in [9.17, 15) is 9.90 Å². The van der Waals surface area contributed by atoms with E-state index in [-0.39, 0.29) is 11.3 Å². The van der Waals surface area contributed by atoms with Crippen LogP contribution in [-0.2, 0) is 11.2 Å². The van der Waals surface area contributed by atoms with Crippen LogP contribution in [0.15, 0.2) is 24.3 Å². The van der Waals surface area contributed by atoms with E-state index in [1.165, 1.54) is 5.56 Å². The van der Waals surface area contributed by atoms with Crippen LogP contribution < -0.4 is 4.74 Å². The highest BCUT2D eigenvalue weighted by atomic mass is 16.5. The van der Waals surface area contributed by atoms with E-state index in [0.29, 0.717) is 19.5 Å². The second kappa shape index (κ2) is 6.29. The van der Waals surface area contributed by atoms with E-state index in [1.54, 1.807) is 12.0 Å². The molecule has 0 bridgehead atoms. The number of carbonyl (C=O) groups is 1. The topological polar surface area (TPSA) is 49.8 Å². The van der Waals surface area contributed by atoms with Crippen LogP contribution in [0.1, 0.15) is 39.2 Å². The molecule has 1 fully saturated rings. The molecule has 122 valence electrons. The van der Waals surface area contributed by atoms with Gasteiger partial charge in [-0.2, -0.15) is 0 Å². The zero-order valence-electron chi connectivity index (χ0n) is 14.1. The zero-order valence-corrected chi connectivity index (χ0v) is 14.1. The Morgan fingerprint density at radius 1 is 1.23 bits per heavy atom. The van der Waals surface area contributed by atoms with Crippen molar-refractivity contribution in [2.45, 2.75) is 45.6 Å². The Morgan fingerprint density at radius 2 is 1.86 bits per heavy atom. The van der Waals surface area contributed by atoms with Crippen molar-refractivity contribution in [2.75, 3.05) is 20.2 Å². The Bertz CT molecular complexity index is 504. The number of nitrogens with zero attached hydrogens (tertiary/aromatic N) is 1. The molecule has 1 aromatic carbocycles. The molecule has 4 heteroatoms. The lowest BCUT2D eigenvalue weighted by Gasteiger charge is -2.30. The molecule has 2 rings (SSSR count). The fraction of sp³-hybridized carbons (Fsp3) is 0.611. The van der Waals surface area contributed by atoms with Gasteiger partial charge in [-0.05, 0) is 37.5 Å². The van der Waals surface area contributed by atoms with Gasteiger partial charge in [0.25, 0.3) is 0 Å². The summed E-state index contributed by atoms with van der Waals surface area (Å²) in [6.45, 7) is 6.90. The fourth-order valence-electron chi connectivity index (χ4n) is 2.86. The van der Waals surface area contributed by atoms with Crippen molar-refractivity contribution in [2.24, 2.45) is 5.41 Å². The summed E-state index contributed by atoms with van der Waals surface area (Å²) in [6, 6.07) is 7.95. The molecule has 1 aromatic rings. The molecule has 0 aliphatic carbocycles. The maximum absolute atomic E-state index is 12.3. The first-order chi connectivity index (χ1) is 10.2. The zero-order chi connectivity index (χ0) is 16.4. The number of aryl methyl sites for hydroxylation is 1. The molecule has 0 spiro atoms. The van der Waals surface area contributed by atoms with Crippen molar-refractivity contribution in [3.05, 3.63) is 29.8 Å². The average molecular weight is 305 g/mol. The second-order valence-corrected chi connectivity index (χ2v) is 7.11. The third-order valence-electron chi connectivity index (χ3n) is 4.91. The van der Waals surface area contributed by atoms with Crippen molar-refractivity contribution in [3.63, 3.8) is 0 Å². The van der Waals surface area contributed by atoms with Crippen molar-refractivity contribution in [3.8, 4) is 5.75 Å². The summed E-state index contributed by atoms with van der Waals surface area (Å²) >= 11 is 0. The van der Waals surface area contributed by atoms with Crippen LogP contribution in [0.2, 0.25) is 0 Å². The molecule has 4 nitrogen and oxygen atoms in total. The highest BCUT2D eigenvalue weighted by Crippen LogP contribution is 2.38.